The molecule has 0 bridgehead atoms. The van der Waals surface area contributed by atoms with E-state index in [9.17, 15) is 10.2 Å². The Hall–Kier alpha value is -2.85. The molecular formula is C20H20N2O2. The molecule has 0 saturated heterocycles. The van der Waals surface area contributed by atoms with Gasteiger partial charge in [0.25, 0.3) is 0 Å². The standard InChI is InChI=1S/C20H20N2O2/c1-22(2)17-10-4-14(5-11-17)3-8-16-9-6-15-7-12-19(24)18(13-23)20(15)21-16/h3-12,23-24H,13H2,1-2H3/b8-3+. The van der Waals surface area contributed by atoms with Crippen LogP contribution in [0.3, 0.4) is 0 Å². The van der Waals surface area contributed by atoms with Gasteiger partial charge in [-0.3, -0.25) is 0 Å². The number of hydrogen-bond acceptors (Lipinski definition) is 4. The van der Waals surface area contributed by atoms with Crippen LogP contribution in [0.25, 0.3) is 23.1 Å². The predicted molar refractivity (Wildman–Crippen MR) is 99.0 cm³/mol. The Morgan fingerprint density at radius 2 is 1.67 bits per heavy atom. The summed E-state index contributed by atoms with van der Waals surface area (Å²) in [7, 11) is 4.02. The van der Waals surface area contributed by atoms with E-state index in [-0.39, 0.29) is 12.4 Å². The number of hydrogen-bond donors (Lipinski definition) is 2. The molecule has 0 amide bonds. The third-order valence-electron chi connectivity index (χ3n) is 3.98. The quantitative estimate of drug-likeness (QED) is 0.770. The summed E-state index contributed by atoms with van der Waals surface area (Å²) in [5.74, 6) is 0.0675. The summed E-state index contributed by atoms with van der Waals surface area (Å²) < 4.78 is 0. The number of aromatic hydroxyl groups is 1. The molecule has 3 rings (SSSR count). The summed E-state index contributed by atoms with van der Waals surface area (Å²) in [6.07, 6.45) is 3.92. The maximum atomic E-state index is 9.86. The van der Waals surface area contributed by atoms with E-state index in [1.165, 1.54) is 0 Å². The van der Waals surface area contributed by atoms with Crippen LogP contribution in [0.4, 0.5) is 5.69 Å². The Labute approximate surface area is 141 Å². The second-order valence-electron chi connectivity index (χ2n) is 5.85. The van der Waals surface area contributed by atoms with Gasteiger partial charge in [0.15, 0.2) is 0 Å². The molecule has 0 saturated carbocycles. The minimum atomic E-state index is -0.241. The first-order valence-electron chi connectivity index (χ1n) is 7.76. The average Bonchev–Trinajstić information content (AvgIpc) is 2.60. The van der Waals surface area contributed by atoms with Crippen LogP contribution in [0.1, 0.15) is 16.8 Å². The lowest BCUT2D eigenvalue weighted by molar-refractivity contribution is 0.277. The smallest absolute Gasteiger partial charge is 0.123 e. The Kier molecular flexibility index (Phi) is 4.49. The van der Waals surface area contributed by atoms with E-state index < -0.39 is 0 Å². The number of aliphatic hydroxyl groups excluding tert-OH is 1. The number of phenols is 1. The number of nitrogens with zero attached hydrogens (tertiary/aromatic N) is 2. The molecule has 0 spiro atoms. The maximum absolute atomic E-state index is 9.86. The van der Waals surface area contributed by atoms with Gasteiger partial charge in [0.1, 0.15) is 5.75 Å². The first-order chi connectivity index (χ1) is 11.6. The van der Waals surface area contributed by atoms with Gasteiger partial charge in [0.2, 0.25) is 0 Å². The number of anilines is 1. The molecule has 3 aromatic rings. The molecule has 0 unspecified atom stereocenters. The van der Waals surface area contributed by atoms with Crippen molar-refractivity contribution in [2.24, 2.45) is 0 Å². The van der Waals surface area contributed by atoms with E-state index in [1.807, 2.05) is 38.4 Å². The summed E-state index contributed by atoms with van der Waals surface area (Å²) in [5.41, 5.74) is 4.10. The molecule has 4 nitrogen and oxygen atoms in total. The highest BCUT2D eigenvalue weighted by Gasteiger charge is 2.07. The Morgan fingerprint density at radius 1 is 0.958 bits per heavy atom. The summed E-state index contributed by atoms with van der Waals surface area (Å²) in [5, 5.41) is 20.2. The van der Waals surface area contributed by atoms with Crippen LogP contribution in [-0.2, 0) is 6.61 Å². The van der Waals surface area contributed by atoms with Crippen molar-refractivity contribution in [1.29, 1.82) is 0 Å². The number of rotatable bonds is 4. The van der Waals surface area contributed by atoms with Gasteiger partial charge < -0.3 is 15.1 Å². The first kappa shape index (κ1) is 16.0. The van der Waals surface area contributed by atoms with Crippen molar-refractivity contribution < 1.29 is 10.2 Å². The lowest BCUT2D eigenvalue weighted by atomic mass is 10.1. The zero-order valence-electron chi connectivity index (χ0n) is 13.8. The van der Waals surface area contributed by atoms with Gasteiger partial charge in [0.05, 0.1) is 17.8 Å². The molecule has 24 heavy (non-hydrogen) atoms. The van der Waals surface area contributed by atoms with E-state index in [0.717, 1.165) is 22.3 Å². The van der Waals surface area contributed by atoms with Gasteiger partial charge in [-0.2, -0.15) is 0 Å². The fourth-order valence-corrected chi connectivity index (χ4v) is 2.57. The van der Waals surface area contributed by atoms with Crippen LogP contribution in [0, 0.1) is 0 Å². The van der Waals surface area contributed by atoms with E-state index in [4.69, 9.17) is 0 Å². The third kappa shape index (κ3) is 3.24. The zero-order valence-corrected chi connectivity index (χ0v) is 13.8. The van der Waals surface area contributed by atoms with Gasteiger partial charge in [0, 0.05) is 30.7 Å². The molecule has 0 aliphatic heterocycles. The summed E-state index contributed by atoms with van der Waals surface area (Å²) >= 11 is 0. The fourth-order valence-electron chi connectivity index (χ4n) is 2.57. The number of aliphatic hydroxyl groups is 1. The molecule has 2 N–H and O–H groups in total. The molecule has 0 radical (unpaired) electrons. The molecule has 1 aromatic heterocycles. The SMILES string of the molecule is CN(C)c1ccc(/C=C/c2ccc3ccc(O)c(CO)c3n2)cc1. The van der Waals surface area contributed by atoms with Gasteiger partial charge in [-0.05, 0) is 42.0 Å². The summed E-state index contributed by atoms with van der Waals surface area (Å²) in [4.78, 5) is 6.61. The third-order valence-corrected chi connectivity index (χ3v) is 3.98. The van der Waals surface area contributed by atoms with Crippen LogP contribution in [0.5, 0.6) is 5.75 Å². The second kappa shape index (κ2) is 6.72. The lowest BCUT2D eigenvalue weighted by Crippen LogP contribution is -2.07. The summed E-state index contributed by atoms with van der Waals surface area (Å²) in [6, 6.07) is 15.5. The Balaban J connectivity index is 1.92. The van der Waals surface area contributed by atoms with Gasteiger partial charge in [-0.1, -0.05) is 24.3 Å². The van der Waals surface area contributed by atoms with Gasteiger partial charge in [-0.25, -0.2) is 4.98 Å². The topological polar surface area (TPSA) is 56.6 Å². The van der Waals surface area contributed by atoms with E-state index in [0.29, 0.717) is 11.1 Å². The number of benzene rings is 2. The van der Waals surface area contributed by atoms with E-state index in [2.05, 4.69) is 34.1 Å². The van der Waals surface area contributed by atoms with Crippen LogP contribution in [-0.4, -0.2) is 29.3 Å². The molecule has 2 aromatic carbocycles. The van der Waals surface area contributed by atoms with Crippen molar-refractivity contribution in [1.82, 2.24) is 4.98 Å². The van der Waals surface area contributed by atoms with Crippen LogP contribution in [0.2, 0.25) is 0 Å². The molecule has 4 heteroatoms. The minimum absolute atomic E-state index is 0.0675. The van der Waals surface area contributed by atoms with Crippen molar-refractivity contribution in [3.05, 3.63) is 65.4 Å². The maximum Gasteiger partial charge on any atom is 0.123 e. The van der Waals surface area contributed by atoms with Crippen LogP contribution < -0.4 is 4.90 Å². The van der Waals surface area contributed by atoms with Crippen molar-refractivity contribution >= 4 is 28.7 Å². The van der Waals surface area contributed by atoms with Gasteiger partial charge >= 0.3 is 0 Å². The highest BCUT2D eigenvalue weighted by Crippen LogP contribution is 2.26. The normalized spacial score (nSPS) is 11.3. The van der Waals surface area contributed by atoms with Crippen molar-refractivity contribution in [2.45, 2.75) is 6.61 Å². The molecule has 0 aliphatic rings. The predicted octanol–water partition coefficient (Wildman–Crippen LogP) is 3.67. The van der Waals surface area contributed by atoms with Crippen molar-refractivity contribution in [3.63, 3.8) is 0 Å². The number of fused-ring (bicyclic) bond motifs is 1. The Bertz CT molecular complexity index is 884. The van der Waals surface area contributed by atoms with Gasteiger partial charge in [-0.15, -0.1) is 0 Å². The fraction of sp³-hybridized carbons (Fsp3) is 0.150. The largest absolute Gasteiger partial charge is 0.508 e. The van der Waals surface area contributed by atoms with Crippen LogP contribution in [0.15, 0.2) is 48.5 Å². The average molecular weight is 320 g/mol. The number of pyridine rings is 1. The molecular weight excluding hydrogens is 300 g/mol. The van der Waals surface area contributed by atoms with Crippen molar-refractivity contribution in [3.8, 4) is 5.75 Å². The summed E-state index contributed by atoms with van der Waals surface area (Å²) in [6.45, 7) is -0.241. The lowest BCUT2D eigenvalue weighted by Gasteiger charge is -2.11. The molecule has 0 fully saturated rings. The van der Waals surface area contributed by atoms with E-state index >= 15 is 0 Å². The second-order valence-corrected chi connectivity index (χ2v) is 5.85. The first-order valence-corrected chi connectivity index (χ1v) is 7.76. The van der Waals surface area contributed by atoms with E-state index in [1.54, 1.807) is 12.1 Å². The minimum Gasteiger partial charge on any atom is -0.508 e. The highest BCUT2D eigenvalue weighted by atomic mass is 16.3. The number of aromatic nitrogens is 1. The molecule has 0 atom stereocenters. The Morgan fingerprint density at radius 3 is 2.33 bits per heavy atom. The highest BCUT2D eigenvalue weighted by molar-refractivity contribution is 5.85. The van der Waals surface area contributed by atoms with Crippen molar-refractivity contribution in [2.75, 3.05) is 19.0 Å². The molecule has 1 heterocycles. The zero-order chi connectivity index (χ0) is 17.1. The monoisotopic (exact) mass is 320 g/mol. The molecule has 0 aliphatic carbocycles. The molecule has 122 valence electrons. The van der Waals surface area contributed by atoms with Crippen LogP contribution >= 0.6 is 0 Å².